The molecule has 6 unspecified atom stereocenters. The Morgan fingerprint density at radius 2 is 1.45 bits per heavy atom. The second kappa shape index (κ2) is 19.5. The van der Waals surface area contributed by atoms with Crippen molar-refractivity contribution in [3.63, 3.8) is 0 Å². The first-order valence-electron chi connectivity index (χ1n) is 20.2. The van der Waals surface area contributed by atoms with Crippen LogP contribution in [-0.4, -0.2) is 46.4 Å². The topological polar surface area (TPSA) is 60.8 Å². The second-order valence-corrected chi connectivity index (χ2v) is 16.1. The van der Waals surface area contributed by atoms with Crippen LogP contribution in [0.5, 0.6) is 5.75 Å². The van der Waals surface area contributed by atoms with Crippen molar-refractivity contribution in [1.29, 1.82) is 0 Å². The molecule has 3 aliphatic carbocycles. The van der Waals surface area contributed by atoms with Crippen LogP contribution in [0.3, 0.4) is 0 Å². The molecule has 1 aromatic rings. The van der Waals surface area contributed by atoms with Crippen LogP contribution in [0, 0.1) is 23.2 Å². The molecule has 0 heterocycles. The van der Waals surface area contributed by atoms with E-state index < -0.39 is 12.3 Å². The van der Waals surface area contributed by atoms with Crippen LogP contribution in [0.25, 0.3) is 0 Å². The van der Waals surface area contributed by atoms with E-state index in [-0.39, 0.29) is 23.0 Å². The van der Waals surface area contributed by atoms with Gasteiger partial charge in [-0.2, -0.15) is 0 Å². The van der Waals surface area contributed by atoms with Crippen LogP contribution < -0.4 is 0 Å². The summed E-state index contributed by atoms with van der Waals surface area (Å²) >= 11 is 0. The number of nitrogens with zero attached hydrogens (tertiary/aromatic N) is 1. The third-order valence-corrected chi connectivity index (χ3v) is 12.7. The standard InChI is InChI=1S/C42H70FNO3/c1-4-6-8-10-12-13-14-15-17-22-39(47)44(27-19-16-11-9-7-5-2)28-20-18-21-32-29-33-30-34(45)23-24-35(33)41-37(43)31-42(3)36(40(32)41)25-26-38(42)46/h23-24,30,32,36-38,40-41,45-46H,4-22,25-29,31H2,1-3H3/t32?,36?,37?,38?,40?,41?,42-/m0/s1. The first kappa shape index (κ1) is 38.2. The number of aliphatic hydroxyl groups excluding tert-OH is 1. The number of unbranched alkanes of at least 4 members (excludes halogenated alkanes) is 14. The predicted octanol–water partition coefficient (Wildman–Crippen LogP) is 11.1. The summed E-state index contributed by atoms with van der Waals surface area (Å²) in [6, 6.07) is 5.57. The van der Waals surface area contributed by atoms with Gasteiger partial charge < -0.3 is 15.1 Å². The molecule has 0 spiro atoms. The van der Waals surface area contributed by atoms with Gasteiger partial charge in [-0.15, -0.1) is 0 Å². The predicted molar refractivity (Wildman–Crippen MR) is 194 cm³/mol. The fourth-order valence-corrected chi connectivity index (χ4v) is 9.93. The Morgan fingerprint density at radius 3 is 2.11 bits per heavy atom. The Labute approximate surface area is 287 Å². The van der Waals surface area contributed by atoms with E-state index in [0.717, 1.165) is 82.0 Å². The molecule has 1 amide bonds. The quantitative estimate of drug-likeness (QED) is 0.122. The molecule has 5 heteroatoms. The van der Waals surface area contributed by atoms with Gasteiger partial charge in [0.15, 0.2) is 0 Å². The molecule has 0 radical (unpaired) electrons. The van der Waals surface area contributed by atoms with E-state index in [1.807, 2.05) is 12.1 Å². The van der Waals surface area contributed by atoms with Gasteiger partial charge in [0.25, 0.3) is 0 Å². The number of rotatable bonds is 22. The zero-order valence-electron chi connectivity index (χ0n) is 30.5. The maximum atomic E-state index is 16.1. The summed E-state index contributed by atoms with van der Waals surface area (Å²) in [5.41, 5.74) is 1.86. The highest BCUT2D eigenvalue weighted by Crippen LogP contribution is 2.63. The van der Waals surface area contributed by atoms with Crippen molar-refractivity contribution in [2.45, 2.75) is 187 Å². The van der Waals surface area contributed by atoms with Gasteiger partial charge in [-0.05, 0) is 97.8 Å². The van der Waals surface area contributed by atoms with Crippen molar-refractivity contribution in [1.82, 2.24) is 4.90 Å². The van der Waals surface area contributed by atoms with E-state index in [4.69, 9.17) is 0 Å². The highest BCUT2D eigenvalue weighted by atomic mass is 19.1. The second-order valence-electron chi connectivity index (χ2n) is 16.1. The van der Waals surface area contributed by atoms with Gasteiger partial charge >= 0.3 is 0 Å². The van der Waals surface area contributed by atoms with E-state index in [9.17, 15) is 15.0 Å². The number of carbonyl (C=O) groups excluding carboxylic acids is 1. The highest BCUT2D eigenvalue weighted by Gasteiger charge is 2.59. The molecule has 4 rings (SSSR count). The van der Waals surface area contributed by atoms with Gasteiger partial charge in [-0.1, -0.05) is 117 Å². The Morgan fingerprint density at radius 1 is 0.851 bits per heavy atom. The van der Waals surface area contributed by atoms with Gasteiger partial charge in [0.1, 0.15) is 11.9 Å². The molecule has 4 nitrogen and oxygen atoms in total. The average Bonchev–Trinajstić information content (AvgIpc) is 3.35. The number of phenolic OH excluding ortho intramolecular Hbond substituents is 1. The van der Waals surface area contributed by atoms with Crippen molar-refractivity contribution in [3.05, 3.63) is 29.3 Å². The van der Waals surface area contributed by atoms with Crippen molar-refractivity contribution < 1.29 is 19.4 Å². The van der Waals surface area contributed by atoms with Crippen LogP contribution in [0.1, 0.15) is 179 Å². The number of benzene rings is 1. The molecule has 0 bridgehead atoms. The fraction of sp³-hybridized carbons (Fsp3) is 0.833. The minimum absolute atomic E-state index is 0.144. The van der Waals surface area contributed by atoms with Crippen molar-refractivity contribution in [2.75, 3.05) is 13.1 Å². The molecule has 0 aliphatic heterocycles. The van der Waals surface area contributed by atoms with Crippen LogP contribution >= 0.6 is 0 Å². The highest BCUT2D eigenvalue weighted by molar-refractivity contribution is 5.76. The Bertz CT molecular complexity index is 1060. The first-order valence-corrected chi connectivity index (χ1v) is 20.2. The number of aliphatic hydroxyl groups is 1. The maximum absolute atomic E-state index is 16.1. The lowest BCUT2D eigenvalue weighted by molar-refractivity contribution is -0.131. The first-order chi connectivity index (χ1) is 22.8. The minimum Gasteiger partial charge on any atom is -0.508 e. The van der Waals surface area contributed by atoms with Crippen molar-refractivity contribution in [3.8, 4) is 5.75 Å². The van der Waals surface area contributed by atoms with Gasteiger partial charge in [-0.3, -0.25) is 4.79 Å². The lowest BCUT2D eigenvalue weighted by Gasteiger charge is -2.54. The largest absolute Gasteiger partial charge is 0.508 e. The lowest BCUT2D eigenvalue weighted by Crippen LogP contribution is -2.51. The van der Waals surface area contributed by atoms with Crippen LogP contribution in [0.2, 0.25) is 0 Å². The number of hydrogen-bond donors (Lipinski definition) is 2. The lowest BCUT2D eigenvalue weighted by atomic mass is 9.51. The SMILES string of the molecule is CCCCCCCCCCCC(=O)N(CCCCCCCC)CCCCC1Cc2cc(O)ccc2C2C(F)C[C@]3(C)C(O)CCC3C12. The third kappa shape index (κ3) is 10.4. The summed E-state index contributed by atoms with van der Waals surface area (Å²) in [6.45, 7) is 8.36. The van der Waals surface area contributed by atoms with E-state index in [2.05, 4.69) is 25.7 Å². The van der Waals surface area contributed by atoms with E-state index in [0.29, 0.717) is 30.6 Å². The summed E-state index contributed by atoms with van der Waals surface area (Å²) in [7, 11) is 0. The van der Waals surface area contributed by atoms with Crippen molar-refractivity contribution >= 4 is 5.91 Å². The number of carbonyl (C=O) groups is 1. The summed E-state index contributed by atoms with van der Waals surface area (Å²) in [5, 5.41) is 21.3. The van der Waals surface area contributed by atoms with E-state index >= 15 is 4.39 Å². The number of hydrogen-bond acceptors (Lipinski definition) is 3. The zero-order valence-corrected chi connectivity index (χ0v) is 30.5. The smallest absolute Gasteiger partial charge is 0.222 e. The number of halogens is 1. The fourth-order valence-electron chi connectivity index (χ4n) is 9.93. The Hall–Kier alpha value is -1.62. The molecule has 3 aliphatic rings. The number of fused-ring (bicyclic) bond motifs is 5. The molecule has 2 N–H and O–H groups in total. The van der Waals surface area contributed by atoms with Gasteiger partial charge in [-0.25, -0.2) is 4.39 Å². The van der Waals surface area contributed by atoms with Gasteiger partial charge in [0, 0.05) is 25.4 Å². The molecule has 268 valence electrons. The molecule has 2 saturated carbocycles. The molecule has 7 atom stereocenters. The van der Waals surface area contributed by atoms with Crippen LogP contribution in [0.15, 0.2) is 18.2 Å². The molecular formula is C42H70FNO3. The Kier molecular flexibility index (Phi) is 15.9. The summed E-state index contributed by atoms with van der Waals surface area (Å²) in [5.74, 6) is 1.37. The maximum Gasteiger partial charge on any atom is 0.222 e. The van der Waals surface area contributed by atoms with Gasteiger partial charge in [0.05, 0.1) is 6.10 Å². The normalized spacial score (nSPS) is 28.1. The van der Waals surface area contributed by atoms with Crippen LogP contribution in [-0.2, 0) is 11.2 Å². The van der Waals surface area contributed by atoms with Crippen LogP contribution in [0.4, 0.5) is 4.39 Å². The summed E-state index contributed by atoms with van der Waals surface area (Å²) in [6.07, 6.45) is 24.2. The molecule has 0 saturated heterocycles. The molecule has 0 aromatic heterocycles. The number of amides is 1. The molecule has 47 heavy (non-hydrogen) atoms. The number of phenols is 1. The number of alkyl halides is 1. The minimum atomic E-state index is -0.966. The van der Waals surface area contributed by atoms with Gasteiger partial charge in [0.2, 0.25) is 5.91 Å². The summed E-state index contributed by atoms with van der Waals surface area (Å²) in [4.78, 5) is 15.6. The molecule has 2 fully saturated rings. The average molecular weight is 656 g/mol. The molecule has 1 aromatic carbocycles. The molecular weight excluding hydrogens is 585 g/mol. The number of aromatic hydroxyl groups is 1. The monoisotopic (exact) mass is 656 g/mol. The summed E-state index contributed by atoms with van der Waals surface area (Å²) < 4.78 is 16.1. The van der Waals surface area contributed by atoms with Crippen molar-refractivity contribution in [2.24, 2.45) is 23.2 Å². The third-order valence-electron chi connectivity index (χ3n) is 12.7. The Balaban J connectivity index is 1.31. The zero-order chi connectivity index (χ0) is 33.6. The van der Waals surface area contributed by atoms with E-state index in [1.54, 1.807) is 6.07 Å². The van der Waals surface area contributed by atoms with E-state index in [1.165, 1.54) is 77.0 Å².